The molecule has 2 nitrogen and oxygen atoms in total. The van der Waals surface area contributed by atoms with Crippen LogP contribution >= 0.6 is 11.6 Å². The molecule has 0 aromatic carbocycles. The van der Waals surface area contributed by atoms with Crippen molar-refractivity contribution in [3.8, 4) is 0 Å². The lowest BCUT2D eigenvalue weighted by atomic mass is 9.62. The molecule has 2 unspecified atom stereocenters. The molecule has 0 aromatic rings. The van der Waals surface area contributed by atoms with Crippen molar-refractivity contribution in [2.75, 3.05) is 0 Å². The molecule has 18 heavy (non-hydrogen) atoms. The predicted molar refractivity (Wildman–Crippen MR) is 75.4 cm³/mol. The number of carbonyl (C=O) groups is 1. The average Bonchev–Trinajstić information content (AvgIpc) is 2.14. The van der Waals surface area contributed by atoms with Crippen molar-refractivity contribution in [3.05, 3.63) is 23.8 Å². The molecule has 0 aromatic heterocycles. The minimum Gasteiger partial charge on any atom is -0.381 e. The van der Waals surface area contributed by atoms with E-state index in [9.17, 15) is 9.90 Å². The van der Waals surface area contributed by atoms with E-state index in [1.165, 1.54) is 0 Å². The lowest BCUT2D eigenvalue weighted by molar-refractivity contribution is -0.113. The van der Waals surface area contributed by atoms with Crippen LogP contribution < -0.4 is 0 Å². The van der Waals surface area contributed by atoms with Gasteiger partial charge in [0.15, 0.2) is 0 Å². The largest absolute Gasteiger partial charge is 0.381 e. The molecule has 0 aliphatic heterocycles. The molecule has 0 fully saturated rings. The Balaban J connectivity index is 3.36. The minimum absolute atomic E-state index is 0.225. The summed E-state index contributed by atoms with van der Waals surface area (Å²) in [6, 6.07) is 0. The van der Waals surface area contributed by atoms with E-state index in [1.54, 1.807) is 18.2 Å². The number of rotatable bonds is 1. The summed E-state index contributed by atoms with van der Waals surface area (Å²) >= 11 is 5.56. The number of allylic oxidation sites excluding steroid dienone is 2. The molecule has 1 N–H and O–H groups in total. The van der Waals surface area contributed by atoms with Crippen molar-refractivity contribution in [1.29, 1.82) is 0 Å². The smallest absolute Gasteiger partial charge is 0.232 e. The fourth-order valence-corrected chi connectivity index (χ4v) is 2.45. The topological polar surface area (TPSA) is 37.3 Å². The first kappa shape index (κ1) is 15.5. The van der Waals surface area contributed by atoms with Crippen LogP contribution in [0.25, 0.3) is 0 Å². The Morgan fingerprint density at radius 1 is 1.28 bits per heavy atom. The molecule has 1 rings (SSSR count). The van der Waals surface area contributed by atoms with Crippen molar-refractivity contribution in [3.63, 3.8) is 0 Å². The zero-order valence-corrected chi connectivity index (χ0v) is 12.8. The van der Waals surface area contributed by atoms with E-state index in [0.717, 1.165) is 5.57 Å². The molecule has 1 aliphatic rings. The van der Waals surface area contributed by atoms with Gasteiger partial charge in [0.1, 0.15) is 5.60 Å². The van der Waals surface area contributed by atoms with Gasteiger partial charge in [0, 0.05) is 0 Å². The van der Waals surface area contributed by atoms with Crippen LogP contribution in [0, 0.1) is 16.7 Å². The van der Waals surface area contributed by atoms with Crippen LogP contribution in [0.15, 0.2) is 23.8 Å². The summed E-state index contributed by atoms with van der Waals surface area (Å²) in [4.78, 5) is 11.3. The van der Waals surface area contributed by atoms with Crippen LogP contribution in [-0.2, 0) is 4.79 Å². The Morgan fingerprint density at radius 3 is 2.11 bits per heavy atom. The Labute approximate surface area is 115 Å². The predicted octanol–water partition coefficient (Wildman–Crippen LogP) is 3.69. The van der Waals surface area contributed by atoms with Crippen molar-refractivity contribution in [2.24, 2.45) is 16.7 Å². The lowest BCUT2D eigenvalue weighted by Gasteiger charge is -2.46. The average molecular weight is 271 g/mol. The summed E-state index contributed by atoms with van der Waals surface area (Å²) in [5.41, 5.74) is -0.766. The zero-order chi connectivity index (χ0) is 14.4. The standard InChI is InChI=1S/C15H23ClO2/c1-13(2,3)11-9-10(12(16)17)7-8-15(11,18)14(4,5)6/h7-10,18H,1-6H3. The summed E-state index contributed by atoms with van der Waals surface area (Å²) in [6.07, 6.45) is 5.22. The molecular weight excluding hydrogens is 248 g/mol. The summed E-state index contributed by atoms with van der Waals surface area (Å²) < 4.78 is 0. The Kier molecular flexibility index (Phi) is 3.86. The third-order valence-corrected chi connectivity index (χ3v) is 3.77. The first-order chi connectivity index (χ1) is 7.89. The molecular formula is C15H23ClO2. The summed E-state index contributed by atoms with van der Waals surface area (Å²) in [6.45, 7) is 12.1. The molecule has 0 heterocycles. The van der Waals surface area contributed by atoms with E-state index in [4.69, 9.17) is 11.6 Å². The van der Waals surface area contributed by atoms with Crippen LogP contribution in [0.5, 0.6) is 0 Å². The molecule has 1 aliphatic carbocycles. The number of halogens is 1. The second kappa shape index (κ2) is 4.50. The lowest BCUT2D eigenvalue weighted by Crippen LogP contribution is -2.48. The van der Waals surface area contributed by atoms with Gasteiger partial charge in [-0.2, -0.15) is 0 Å². The van der Waals surface area contributed by atoms with E-state index < -0.39 is 16.8 Å². The van der Waals surface area contributed by atoms with Crippen LogP contribution in [0.4, 0.5) is 0 Å². The maximum atomic E-state index is 11.3. The van der Waals surface area contributed by atoms with Gasteiger partial charge in [0.05, 0.1) is 5.92 Å². The van der Waals surface area contributed by atoms with Gasteiger partial charge in [-0.3, -0.25) is 4.79 Å². The van der Waals surface area contributed by atoms with Gasteiger partial charge in [0.25, 0.3) is 0 Å². The highest BCUT2D eigenvalue weighted by atomic mass is 35.5. The molecule has 0 amide bonds. The van der Waals surface area contributed by atoms with Crippen molar-refractivity contribution in [2.45, 2.75) is 47.1 Å². The fraction of sp³-hybridized carbons (Fsp3) is 0.667. The summed E-state index contributed by atoms with van der Waals surface area (Å²) in [5, 5.41) is 10.6. The molecule has 0 bridgehead atoms. The van der Waals surface area contributed by atoms with Crippen LogP contribution in [0.1, 0.15) is 41.5 Å². The number of aliphatic hydroxyl groups is 1. The number of hydrogen-bond donors (Lipinski definition) is 1. The Hall–Kier alpha value is -0.600. The third-order valence-electron chi connectivity index (χ3n) is 3.52. The van der Waals surface area contributed by atoms with Gasteiger partial charge in [0.2, 0.25) is 5.24 Å². The summed E-state index contributed by atoms with van der Waals surface area (Å²) in [7, 11) is 0. The minimum atomic E-state index is -1.05. The van der Waals surface area contributed by atoms with Crippen molar-refractivity contribution < 1.29 is 9.90 Å². The van der Waals surface area contributed by atoms with E-state index in [1.807, 2.05) is 41.5 Å². The highest BCUT2D eigenvalue weighted by Crippen LogP contribution is 2.47. The molecule has 0 radical (unpaired) electrons. The quantitative estimate of drug-likeness (QED) is 0.583. The highest BCUT2D eigenvalue weighted by molar-refractivity contribution is 6.64. The zero-order valence-electron chi connectivity index (χ0n) is 12.0. The van der Waals surface area contributed by atoms with Crippen LogP contribution in [0.2, 0.25) is 0 Å². The first-order valence-electron chi connectivity index (χ1n) is 6.23. The number of carbonyl (C=O) groups excluding carboxylic acids is 1. The highest BCUT2D eigenvalue weighted by Gasteiger charge is 2.47. The molecule has 2 atom stereocenters. The second-order valence-corrected chi connectivity index (χ2v) is 7.41. The van der Waals surface area contributed by atoms with Gasteiger partial charge >= 0.3 is 0 Å². The van der Waals surface area contributed by atoms with Crippen molar-refractivity contribution >= 4 is 16.8 Å². The van der Waals surface area contributed by atoms with Gasteiger partial charge in [-0.05, 0) is 28.0 Å². The monoisotopic (exact) mass is 270 g/mol. The van der Waals surface area contributed by atoms with Crippen LogP contribution in [-0.4, -0.2) is 16.0 Å². The Bertz CT molecular complexity index is 407. The van der Waals surface area contributed by atoms with E-state index in [-0.39, 0.29) is 10.8 Å². The molecule has 0 saturated heterocycles. The molecule has 0 saturated carbocycles. The van der Waals surface area contributed by atoms with Gasteiger partial charge < -0.3 is 5.11 Å². The van der Waals surface area contributed by atoms with Crippen LogP contribution in [0.3, 0.4) is 0 Å². The fourth-order valence-electron chi connectivity index (χ4n) is 2.31. The maximum absolute atomic E-state index is 11.3. The van der Waals surface area contributed by atoms with E-state index in [2.05, 4.69) is 0 Å². The molecule has 0 spiro atoms. The van der Waals surface area contributed by atoms with Gasteiger partial charge in [-0.25, -0.2) is 0 Å². The Morgan fingerprint density at radius 2 is 1.78 bits per heavy atom. The number of hydrogen-bond acceptors (Lipinski definition) is 2. The summed E-state index contributed by atoms with van der Waals surface area (Å²) in [5.74, 6) is -0.441. The SMILES string of the molecule is CC(C)(C)C1=CC(C(=O)Cl)C=CC1(O)C(C)(C)C. The first-order valence-corrected chi connectivity index (χ1v) is 6.61. The molecule has 3 heteroatoms. The molecule has 102 valence electrons. The second-order valence-electron chi connectivity index (χ2n) is 7.04. The normalized spacial score (nSPS) is 29.1. The third kappa shape index (κ3) is 2.70. The van der Waals surface area contributed by atoms with E-state index in [0.29, 0.717) is 0 Å². The van der Waals surface area contributed by atoms with Gasteiger partial charge in [-0.1, -0.05) is 59.8 Å². The van der Waals surface area contributed by atoms with Crippen molar-refractivity contribution in [1.82, 2.24) is 0 Å². The maximum Gasteiger partial charge on any atom is 0.232 e. The van der Waals surface area contributed by atoms with E-state index >= 15 is 0 Å². The van der Waals surface area contributed by atoms with Gasteiger partial charge in [-0.15, -0.1) is 0 Å².